The summed E-state index contributed by atoms with van der Waals surface area (Å²) >= 11 is 0. The highest BCUT2D eigenvalue weighted by Gasteiger charge is 2.11. The van der Waals surface area contributed by atoms with Gasteiger partial charge in [0.2, 0.25) is 0 Å². The second-order valence-electron chi connectivity index (χ2n) is 6.12. The fraction of sp³-hybridized carbons (Fsp3) is 0.238. The van der Waals surface area contributed by atoms with Gasteiger partial charge in [0.05, 0.1) is 19.2 Å². The van der Waals surface area contributed by atoms with E-state index in [-0.39, 0.29) is 5.70 Å². The second kappa shape index (κ2) is 6.71. The molecule has 0 saturated carbocycles. The number of fused-ring (bicyclic) bond motifs is 1. The summed E-state index contributed by atoms with van der Waals surface area (Å²) in [6, 6.07) is 8.33. The summed E-state index contributed by atoms with van der Waals surface area (Å²) in [6.45, 7) is 11.8. The predicted molar refractivity (Wildman–Crippen MR) is 99.3 cm³/mol. The largest absolute Gasteiger partial charge is 0.493 e. The summed E-state index contributed by atoms with van der Waals surface area (Å²) in [6.07, 6.45) is 6.27. The molecule has 2 heterocycles. The summed E-state index contributed by atoms with van der Waals surface area (Å²) in [5.74, 6) is 0.679. The molecule has 4 nitrogen and oxygen atoms in total. The van der Waals surface area contributed by atoms with E-state index < -0.39 is 0 Å². The first kappa shape index (κ1) is 16.6. The molecule has 0 radical (unpaired) electrons. The van der Waals surface area contributed by atoms with Crippen molar-refractivity contribution in [3.8, 4) is 6.07 Å². The van der Waals surface area contributed by atoms with E-state index in [4.69, 9.17) is 16.6 Å². The van der Waals surface area contributed by atoms with Gasteiger partial charge in [-0.1, -0.05) is 12.1 Å². The number of nitrogens with zero attached hydrogens (tertiary/aromatic N) is 3. The highest BCUT2D eigenvalue weighted by atomic mass is 16.5. The standard InChI is InChI=1S/C21H19N3O/c1-14-15(2)24(4)21-8-6-16(11-19(14)21)5-7-18-12-17(9-10-25-18)20(13-22)23-3/h5-8,11-12H,9-10H2,1-2,4H3/b7-5+,20-17+. The van der Waals surface area contributed by atoms with E-state index in [0.29, 0.717) is 18.8 Å². The van der Waals surface area contributed by atoms with Crippen molar-refractivity contribution in [1.82, 2.24) is 4.57 Å². The highest BCUT2D eigenvalue weighted by Crippen LogP contribution is 2.26. The van der Waals surface area contributed by atoms with Crippen LogP contribution in [0.3, 0.4) is 0 Å². The molecule has 0 atom stereocenters. The van der Waals surface area contributed by atoms with E-state index in [9.17, 15) is 0 Å². The fourth-order valence-electron chi connectivity index (χ4n) is 3.07. The molecule has 4 heteroatoms. The molecule has 0 bridgehead atoms. The van der Waals surface area contributed by atoms with E-state index >= 15 is 0 Å². The van der Waals surface area contributed by atoms with E-state index in [1.165, 1.54) is 22.2 Å². The number of aromatic nitrogens is 1. The lowest BCUT2D eigenvalue weighted by Gasteiger charge is -2.14. The van der Waals surface area contributed by atoms with Crippen molar-refractivity contribution < 1.29 is 4.74 Å². The molecule has 1 aromatic carbocycles. The second-order valence-corrected chi connectivity index (χ2v) is 6.12. The van der Waals surface area contributed by atoms with Crippen molar-refractivity contribution in [3.05, 3.63) is 75.6 Å². The van der Waals surface area contributed by atoms with Crippen LogP contribution in [0.4, 0.5) is 0 Å². The maximum absolute atomic E-state index is 9.01. The van der Waals surface area contributed by atoms with Crippen LogP contribution in [0.5, 0.6) is 0 Å². The summed E-state index contributed by atoms with van der Waals surface area (Å²) in [5, 5.41) is 10.3. The highest BCUT2D eigenvalue weighted by molar-refractivity contribution is 5.87. The molecule has 1 aromatic heterocycles. The lowest BCUT2D eigenvalue weighted by molar-refractivity contribution is 0.219. The quantitative estimate of drug-likeness (QED) is 0.586. The monoisotopic (exact) mass is 329 g/mol. The zero-order chi connectivity index (χ0) is 18.0. The van der Waals surface area contributed by atoms with Crippen LogP contribution in [0.15, 0.2) is 47.4 Å². The van der Waals surface area contributed by atoms with Crippen molar-refractivity contribution in [2.24, 2.45) is 7.05 Å². The van der Waals surface area contributed by atoms with Crippen LogP contribution in [0, 0.1) is 31.8 Å². The van der Waals surface area contributed by atoms with E-state index in [0.717, 1.165) is 11.1 Å². The minimum Gasteiger partial charge on any atom is -0.493 e. The number of ether oxygens (including phenoxy) is 1. The van der Waals surface area contributed by atoms with E-state index in [2.05, 4.69) is 48.5 Å². The summed E-state index contributed by atoms with van der Waals surface area (Å²) < 4.78 is 7.83. The fourth-order valence-corrected chi connectivity index (χ4v) is 3.07. The number of aryl methyl sites for hydroxylation is 2. The van der Waals surface area contributed by atoms with Crippen molar-refractivity contribution >= 4 is 17.0 Å². The van der Waals surface area contributed by atoms with Gasteiger partial charge >= 0.3 is 0 Å². The van der Waals surface area contributed by atoms with Crippen molar-refractivity contribution in [1.29, 1.82) is 5.26 Å². The topological polar surface area (TPSA) is 42.3 Å². The van der Waals surface area contributed by atoms with Crippen LogP contribution in [0.2, 0.25) is 0 Å². The van der Waals surface area contributed by atoms with Crippen LogP contribution in [0.25, 0.3) is 21.8 Å². The average Bonchev–Trinajstić information content (AvgIpc) is 2.85. The molecule has 0 unspecified atom stereocenters. The van der Waals surface area contributed by atoms with Crippen molar-refractivity contribution in [2.75, 3.05) is 6.61 Å². The zero-order valence-corrected chi connectivity index (χ0v) is 14.6. The molecular weight excluding hydrogens is 310 g/mol. The number of hydrogen-bond donors (Lipinski definition) is 0. The van der Waals surface area contributed by atoms with Crippen LogP contribution in [-0.2, 0) is 11.8 Å². The molecule has 0 N–H and O–H groups in total. The molecule has 1 aliphatic heterocycles. The van der Waals surface area contributed by atoms with Crippen molar-refractivity contribution in [3.63, 3.8) is 0 Å². The van der Waals surface area contributed by atoms with E-state index in [1.54, 1.807) is 6.08 Å². The Morgan fingerprint density at radius 1 is 1.36 bits per heavy atom. The normalized spacial score (nSPS) is 16.3. The molecule has 0 spiro atoms. The first-order valence-electron chi connectivity index (χ1n) is 8.14. The first-order valence-corrected chi connectivity index (χ1v) is 8.14. The smallest absolute Gasteiger partial charge is 0.265 e. The third kappa shape index (κ3) is 3.07. The third-order valence-electron chi connectivity index (χ3n) is 4.75. The van der Waals surface area contributed by atoms with Gasteiger partial charge in [-0.05, 0) is 61.3 Å². The minimum atomic E-state index is 0.144. The molecule has 3 rings (SSSR count). The molecule has 124 valence electrons. The summed E-state index contributed by atoms with van der Waals surface area (Å²) in [4.78, 5) is 3.28. The third-order valence-corrected chi connectivity index (χ3v) is 4.75. The Labute approximate surface area is 147 Å². The molecule has 0 saturated heterocycles. The Bertz CT molecular complexity index is 1000. The Morgan fingerprint density at radius 2 is 2.16 bits per heavy atom. The summed E-state index contributed by atoms with van der Waals surface area (Å²) in [7, 11) is 2.08. The lowest BCUT2D eigenvalue weighted by Crippen LogP contribution is -2.03. The van der Waals surface area contributed by atoms with Gasteiger partial charge in [0.25, 0.3) is 5.70 Å². The predicted octanol–water partition coefficient (Wildman–Crippen LogP) is 4.81. The Balaban J connectivity index is 1.94. The van der Waals surface area contributed by atoms with Gasteiger partial charge in [-0.3, -0.25) is 0 Å². The van der Waals surface area contributed by atoms with Gasteiger partial charge in [-0.25, -0.2) is 10.1 Å². The van der Waals surface area contributed by atoms with Gasteiger partial charge in [0.15, 0.2) is 0 Å². The van der Waals surface area contributed by atoms with Crippen molar-refractivity contribution in [2.45, 2.75) is 20.3 Å². The van der Waals surface area contributed by atoms with Crippen LogP contribution in [0.1, 0.15) is 23.2 Å². The van der Waals surface area contributed by atoms with Crippen LogP contribution in [-0.4, -0.2) is 11.2 Å². The molecular formula is C21H19N3O. The zero-order valence-electron chi connectivity index (χ0n) is 14.6. The molecule has 0 aliphatic carbocycles. The van der Waals surface area contributed by atoms with Gasteiger partial charge < -0.3 is 9.30 Å². The summed E-state index contributed by atoms with van der Waals surface area (Å²) in [5.41, 5.74) is 5.77. The van der Waals surface area contributed by atoms with Gasteiger partial charge in [0, 0.05) is 23.6 Å². The average molecular weight is 329 g/mol. The van der Waals surface area contributed by atoms with Crippen LogP contribution < -0.4 is 0 Å². The maximum atomic E-state index is 9.01. The maximum Gasteiger partial charge on any atom is 0.265 e. The Morgan fingerprint density at radius 3 is 2.88 bits per heavy atom. The SMILES string of the molecule is [C-]#[N+]/C(C#N)=C1C=C(/C=C/c2ccc3c(c2)c(C)c(C)n3C)OCC/1. The number of nitriles is 1. The van der Waals surface area contributed by atoms with E-state index in [1.807, 2.05) is 18.2 Å². The Kier molecular flexibility index (Phi) is 4.46. The number of hydrogen-bond acceptors (Lipinski definition) is 2. The Hall–Kier alpha value is -3.24. The number of benzene rings is 1. The van der Waals surface area contributed by atoms with Crippen LogP contribution >= 0.6 is 0 Å². The first-order chi connectivity index (χ1) is 12.0. The molecule has 0 amide bonds. The minimum absolute atomic E-state index is 0.144. The molecule has 25 heavy (non-hydrogen) atoms. The number of allylic oxidation sites excluding steroid dienone is 3. The lowest BCUT2D eigenvalue weighted by atomic mass is 10.1. The van der Waals surface area contributed by atoms with Gasteiger partial charge in [-0.15, -0.1) is 0 Å². The number of rotatable bonds is 2. The molecule has 0 fully saturated rings. The molecule has 1 aliphatic rings. The molecule has 2 aromatic rings. The van der Waals surface area contributed by atoms with Gasteiger partial charge in [0.1, 0.15) is 5.76 Å². The van der Waals surface area contributed by atoms with Gasteiger partial charge in [-0.2, -0.15) is 0 Å².